The number of nitrogens with two attached hydrogens (primary N) is 2. The zero-order valence-corrected chi connectivity index (χ0v) is 65.7. The summed E-state index contributed by atoms with van der Waals surface area (Å²) < 4.78 is 0. The molecule has 4 heterocycles. The molecule has 1 fully saturated rings. The second-order valence-corrected chi connectivity index (χ2v) is 29.0. The fourth-order valence-electron chi connectivity index (χ4n) is 13.5. The molecule has 0 aliphatic carbocycles. The molecular weight excluding hydrogens is 1520 g/mol. The average molecular weight is 1630 g/mol. The molecule has 0 radical (unpaired) electrons. The number of fused-ring (bicyclic) bond motifs is 2. The number of carbonyl (C=O) groups excluding carboxylic acids is 15. The smallest absolute Gasteiger partial charge is 0.303 e. The zero-order chi connectivity index (χ0) is 85.4. The maximum absolute atomic E-state index is 14.7. The maximum Gasteiger partial charge on any atom is 0.303 e. The molecule has 0 bridgehead atoms. The van der Waals surface area contributed by atoms with Crippen LogP contribution in [0.4, 0.5) is 5.69 Å². The van der Waals surface area contributed by atoms with Crippen molar-refractivity contribution < 1.29 is 97.1 Å². The number of aromatic hydroxyl groups is 1. The Bertz CT molecular complexity index is 4310. The molecule has 1 unspecified atom stereocenters. The largest absolute Gasteiger partial charge is 0.508 e. The van der Waals surface area contributed by atoms with E-state index in [-0.39, 0.29) is 112 Å². The first-order chi connectivity index (χ1) is 55.9. The number of nitrogens with one attached hydrogen (secondary N) is 14. The summed E-state index contributed by atoms with van der Waals surface area (Å²) in [6, 6.07) is 3.36. The van der Waals surface area contributed by atoms with Crippen molar-refractivity contribution in [1.82, 2.24) is 83.2 Å². The molecule has 7 rings (SSSR count). The van der Waals surface area contributed by atoms with Crippen LogP contribution in [0.1, 0.15) is 138 Å². The summed E-state index contributed by atoms with van der Waals surface area (Å²) in [4.78, 5) is 232. The number of amides is 15. The first kappa shape index (κ1) is 91.8. The van der Waals surface area contributed by atoms with Crippen LogP contribution in [0.5, 0.6) is 5.75 Å². The van der Waals surface area contributed by atoms with E-state index in [0.717, 1.165) is 11.8 Å². The second-order valence-electron chi connectivity index (χ2n) is 29.0. The van der Waals surface area contributed by atoms with Crippen LogP contribution in [-0.4, -0.2) is 252 Å². The minimum absolute atomic E-state index is 0.0340. The Morgan fingerprint density at radius 3 is 1.86 bits per heavy atom. The number of aliphatic hydroxyl groups is 2. The van der Waals surface area contributed by atoms with Gasteiger partial charge in [0.2, 0.25) is 82.7 Å². The lowest BCUT2D eigenvalue weighted by molar-refractivity contribution is -0.142. The average Bonchev–Trinajstić information content (AvgIpc) is 1.69. The number of nitrogens with zero attached hydrogens (tertiary/aromatic N) is 3. The second kappa shape index (κ2) is 45.6. The van der Waals surface area contributed by atoms with Crippen LogP contribution in [0.15, 0.2) is 91.5 Å². The topological polar surface area (TPSA) is 601 Å². The number of aromatic nitrogens is 3. The van der Waals surface area contributed by atoms with Crippen LogP contribution in [0, 0.1) is 5.92 Å². The van der Waals surface area contributed by atoms with E-state index in [1.54, 1.807) is 63.4 Å². The van der Waals surface area contributed by atoms with Crippen LogP contribution >= 0.6 is 0 Å². The first-order valence-corrected chi connectivity index (χ1v) is 38.9. The highest BCUT2D eigenvalue weighted by atomic mass is 16.4. The number of carboxylic acids is 1. The van der Waals surface area contributed by atoms with Gasteiger partial charge < -0.3 is 115 Å². The Hall–Kier alpha value is -12.4. The van der Waals surface area contributed by atoms with Crippen molar-refractivity contribution in [3.8, 4) is 5.75 Å². The zero-order valence-electron chi connectivity index (χ0n) is 65.7. The van der Waals surface area contributed by atoms with Gasteiger partial charge >= 0.3 is 5.97 Å². The third-order valence-electron chi connectivity index (χ3n) is 19.8. The van der Waals surface area contributed by atoms with E-state index in [9.17, 15) is 97.1 Å². The number of anilines is 1. The van der Waals surface area contributed by atoms with Crippen LogP contribution in [0.25, 0.3) is 10.9 Å². The number of carboxylic acid groups (broad SMARTS) is 1. The molecule has 39 heteroatoms. The first-order valence-electron chi connectivity index (χ1n) is 38.9. The summed E-state index contributed by atoms with van der Waals surface area (Å²) in [5.74, 6) is -14.4. The summed E-state index contributed by atoms with van der Waals surface area (Å²) in [6.07, 6.45) is 4.99. The summed E-state index contributed by atoms with van der Waals surface area (Å²) in [5.41, 5.74) is 13.5. The number of imidazole rings is 1. The number of H-pyrrole nitrogens is 2. The molecule has 117 heavy (non-hydrogen) atoms. The Morgan fingerprint density at radius 1 is 0.624 bits per heavy atom. The molecule has 22 N–H and O–H groups in total. The van der Waals surface area contributed by atoms with E-state index in [0.29, 0.717) is 47.7 Å². The lowest BCUT2D eigenvalue weighted by atomic mass is 10.0. The number of hydrogen-bond acceptors (Lipinski definition) is 21. The van der Waals surface area contributed by atoms with Crippen molar-refractivity contribution in [1.29, 1.82) is 0 Å². The van der Waals surface area contributed by atoms with Crippen molar-refractivity contribution in [3.63, 3.8) is 0 Å². The predicted molar refractivity (Wildman–Crippen MR) is 421 cm³/mol. The van der Waals surface area contributed by atoms with Crippen LogP contribution < -0.4 is 75.3 Å². The molecule has 5 aromatic rings. The van der Waals surface area contributed by atoms with Crippen LogP contribution in [0.2, 0.25) is 0 Å². The van der Waals surface area contributed by atoms with Crippen molar-refractivity contribution >= 4 is 111 Å². The number of benzene rings is 3. The van der Waals surface area contributed by atoms with Gasteiger partial charge in [0.25, 0.3) is 5.91 Å². The lowest BCUT2D eigenvalue weighted by Crippen LogP contribution is -2.60. The molecular formula is C78H107N19O20. The number of aliphatic carboxylic acids is 1. The molecule has 2 aliphatic rings. The fraction of sp³-hybridized carbons (Fsp3) is 0.500. The van der Waals surface area contributed by atoms with E-state index in [2.05, 4.69) is 78.8 Å². The molecule has 2 aromatic heterocycles. The van der Waals surface area contributed by atoms with Gasteiger partial charge in [-0.25, -0.2) is 4.98 Å². The quantitative estimate of drug-likeness (QED) is 0.0175. The standard InChI is InChI=1S/C78H107N19O20/c1-5-6-18-53(90-74(113)60(41-99)94-72(111)56(33-45-24-26-48(101)27-25-45)92-73(112)59(40-98)86-44(4)100)70(109)91-54(28-29-65(104)105)71(110)93-58(35-47-37-81-42-85-47)68(107)82-31-14-12-22-62-75(114)89-52-20-10-8-17-50(52)77(116)97(62)39-64(103)88-57(34-46-36-83-51-19-9-7-16-49(46)51)69(108)84-38-63(102)87-55(21-11-13-30-79)78(117)96-32-15-23-61(96)76(115)95-66(43(2)3)67(80)106/h7-10,16-17,19-20,24-27,36-37,42-43,53-62,66,83,98-99,101H,5-6,11-15,18,21-23,28-35,38-41,79H2,1-4H3,(H2,80,106)(H,81,85)(H,82,107)(H,84,108)(H,86,100)(H,87,102)(H,88,103)(H,89,114)(H,90,113)(H,91,109)(H,92,112)(H,93,110)(H,94,111)(H,95,115)(H,104,105)/t53-,54-,55-,56-,57-,58-,59-,60-,61-,62?,66-/m0/s1. The molecule has 39 nitrogen and oxygen atoms in total. The summed E-state index contributed by atoms with van der Waals surface area (Å²) in [7, 11) is 0. The number of carbonyl (C=O) groups is 16. The molecule has 3 aromatic carbocycles. The van der Waals surface area contributed by atoms with E-state index in [4.69, 9.17) is 11.5 Å². The third-order valence-corrected chi connectivity index (χ3v) is 19.8. The normalized spacial score (nSPS) is 16.1. The highest BCUT2D eigenvalue weighted by Gasteiger charge is 2.42. The predicted octanol–water partition coefficient (Wildman–Crippen LogP) is -2.83. The molecule has 15 amide bonds. The fourth-order valence-corrected chi connectivity index (χ4v) is 13.5. The number of phenolic OH excluding ortho intramolecular Hbond substituents is 1. The Labute approximate surface area is 674 Å². The number of aromatic amines is 2. The van der Waals surface area contributed by atoms with Gasteiger partial charge in [0, 0.05) is 69.0 Å². The number of likely N-dealkylation sites (tertiary alicyclic amines) is 1. The van der Waals surface area contributed by atoms with Gasteiger partial charge in [-0.15, -0.1) is 0 Å². The number of phenols is 1. The minimum atomic E-state index is -1.79. The maximum atomic E-state index is 14.7. The molecule has 11 atom stereocenters. The number of rotatable bonds is 47. The molecule has 0 saturated carbocycles. The van der Waals surface area contributed by atoms with Crippen molar-refractivity contribution in [2.24, 2.45) is 17.4 Å². The van der Waals surface area contributed by atoms with Crippen LogP contribution in [0.3, 0.4) is 0 Å². The number of hydrogen-bond donors (Lipinski definition) is 20. The van der Waals surface area contributed by atoms with E-state index < -0.39 is 200 Å². The van der Waals surface area contributed by atoms with Gasteiger partial charge in [-0.05, 0) is 118 Å². The molecule has 2 aliphatic heterocycles. The highest BCUT2D eigenvalue weighted by molar-refractivity contribution is 6.11. The minimum Gasteiger partial charge on any atom is -0.508 e. The third kappa shape index (κ3) is 27.7. The SMILES string of the molecule is CCCC[C@H](NC(=O)[C@H](CO)NC(=O)[C@H](Cc1ccc(O)cc1)NC(=O)[C@H](CO)NC(C)=O)C(=O)N[C@@H](CCC(=O)O)C(=O)N[C@@H](Cc1c[nH]cn1)C(=O)NCCCCC1C(=O)Nc2ccccc2C(=O)N1CC(=O)N[C@@H](Cc1c[nH]c2ccccc12)C(=O)NCC(=O)N[C@@H](CCCCN)C(=O)N1CCC[C@H]1C(=O)N[C@H](C(N)=O)C(C)C. The lowest BCUT2D eigenvalue weighted by Gasteiger charge is -2.30. The highest BCUT2D eigenvalue weighted by Crippen LogP contribution is 2.27. The number of aliphatic hydroxyl groups excluding tert-OH is 2. The molecule has 634 valence electrons. The van der Waals surface area contributed by atoms with Gasteiger partial charge in [0.05, 0.1) is 43.0 Å². The number of primary amides is 1. The van der Waals surface area contributed by atoms with E-state index in [1.165, 1.54) is 53.8 Å². The summed E-state index contributed by atoms with van der Waals surface area (Å²) in [6.45, 7) is 3.22. The van der Waals surface area contributed by atoms with Gasteiger partial charge in [-0.1, -0.05) is 76.1 Å². The van der Waals surface area contributed by atoms with E-state index in [1.807, 2.05) is 0 Å². The van der Waals surface area contributed by atoms with Gasteiger partial charge in [0.15, 0.2) is 0 Å². The van der Waals surface area contributed by atoms with Gasteiger partial charge in [-0.3, -0.25) is 76.7 Å². The molecule has 0 spiro atoms. The van der Waals surface area contributed by atoms with Crippen LogP contribution in [-0.2, 0) is 91.2 Å². The Morgan fingerprint density at radius 2 is 1.22 bits per heavy atom. The van der Waals surface area contributed by atoms with Crippen molar-refractivity contribution in [2.75, 3.05) is 51.3 Å². The number of para-hydroxylation sites is 2. The summed E-state index contributed by atoms with van der Waals surface area (Å²) >= 11 is 0. The summed E-state index contributed by atoms with van der Waals surface area (Å²) in [5, 5.41) is 71.3. The van der Waals surface area contributed by atoms with Crippen molar-refractivity contribution in [2.45, 2.75) is 197 Å². The number of unbranched alkanes of at least 4 members (excludes halogenated alkanes) is 3. The Balaban J connectivity index is 1.02. The van der Waals surface area contributed by atoms with Gasteiger partial charge in [0.1, 0.15) is 78.8 Å². The van der Waals surface area contributed by atoms with E-state index >= 15 is 0 Å². The Kier molecular flexibility index (Phi) is 35.8. The monoisotopic (exact) mass is 1630 g/mol. The van der Waals surface area contributed by atoms with Crippen molar-refractivity contribution in [3.05, 3.63) is 114 Å². The van der Waals surface area contributed by atoms with Gasteiger partial charge in [-0.2, -0.15) is 0 Å². The molecule has 1 saturated heterocycles.